The van der Waals surface area contributed by atoms with Gasteiger partial charge in [0.05, 0.1) is 22.2 Å². The highest BCUT2D eigenvalue weighted by atomic mass is 79.9. The van der Waals surface area contributed by atoms with Crippen LogP contribution in [0.5, 0.6) is 5.88 Å². The minimum atomic E-state index is -0.0546. The van der Waals surface area contributed by atoms with Gasteiger partial charge in [-0.1, -0.05) is 18.2 Å². The molecule has 27 heavy (non-hydrogen) atoms. The minimum absolute atomic E-state index is 0.0546. The first-order valence-corrected chi connectivity index (χ1v) is 10.5. The number of halogens is 1. The molecule has 2 aromatic rings. The maximum atomic E-state index is 6.18. The molecule has 0 radical (unpaired) electrons. The van der Waals surface area contributed by atoms with Crippen molar-refractivity contribution in [2.45, 2.75) is 52.6 Å². The molecule has 3 rings (SSSR count). The third-order valence-corrected chi connectivity index (χ3v) is 5.70. The zero-order chi connectivity index (χ0) is 19.4. The number of hydrogen-bond acceptors (Lipinski definition) is 3. The Morgan fingerprint density at radius 3 is 2.74 bits per heavy atom. The van der Waals surface area contributed by atoms with Crippen LogP contribution in [0.4, 0.5) is 5.69 Å². The Morgan fingerprint density at radius 2 is 2.00 bits per heavy atom. The van der Waals surface area contributed by atoms with Gasteiger partial charge in [0.1, 0.15) is 6.10 Å². The van der Waals surface area contributed by atoms with Crippen LogP contribution in [0, 0.1) is 6.92 Å². The second-order valence-corrected chi connectivity index (χ2v) is 8.05. The Labute approximate surface area is 170 Å². The number of hydrogen-bond donors (Lipinski definition) is 0. The quantitative estimate of drug-likeness (QED) is 0.431. The lowest BCUT2D eigenvalue weighted by atomic mass is 9.90. The van der Waals surface area contributed by atoms with Crippen LogP contribution in [-0.2, 0) is 12.8 Å². The summed E-state index contributed by atoms with van der Waals surface area (Å²) < 4.78 is 7.01. The van der Waals surface area contributed by atoms with Crippen molar-refractivity contribution in [1.29, 1.82) is 0 Å². The first-order chi connectivity index (χ1) is 13.0. The topological polar surface area (TPSA) is 37.7 Å². The molecule has 0 saturated heterocycles. The average molecular weight is 430 g/mol. The number of benzene rings is 1. The van der Waals surface area contributed by atoms with Crippen LogP contribution in [0.25, 0.3) is 0 Å². The summed E-state index contributed by atoms with van der Waals surface area (Å²) in [7, 11) is 2.00. The van der Waals surface area contributed by atoms with Crippen LogP contribution in [0.3, 0.4) is 0 Å². The Hall–Kier alpha value is -1.88. The highest BCUT2D eigenvalue weighted by Gasteiger charge is 2.16. The first-order valence-electron chi connectivity index (χ1n) is 9.68. The van der Waals surface area contributed by atoms with E-state index in [2.05, 4.69) is 58.0 Å². The van der Waals surface area contributed by atoms with E-state index < -0.39 is 0 Å². The van der Waals surface area contributed by atoms with Crippen LogP contribution in [-0.4, -0.2) is 29.8 Å². The van der Waals surface area contributed by atoms with E-state index in [-0.39, 0.29) is 6.10 Å². The van der Waals surface area contributed by atoms with Crippen molar-refractivity contribution in [2.24, 2.45) is 4.99 Å². The summed E-state index contributed by atoms with van der Waals surface area (Å²) in [5, 5.41) is 0. The largest absolute Gasteiger partial charge is 0.469 e. The minimum Gasteiger partial charge on any atom is -0.469 e. The van der Waals surface area contributed by atoms with E-state index in [0.717, 1.165) is 22.4 Å². The molecule has 0 saturated carbocycles. The summed E-state index contributed by atoms with van der Waals surface area (Å²) in [6.07, 6.45) is 6.74. The molecule has 0 aliphatic heterocycles. The monoisotopic (exact) mass is 429 g/mol. The molecule has 1 aliphatic rings. The number of ether oxygens (including phenoxy) is 1. The van der Waals surface area contributed by atoms with Crippen LogP contribution >= 0.6 is 15.9 Å². The number of fused-ring (bicyclic) bond motifs is 1. The maximum Gasteiger partial charge on any atom is 0.228 e. The van der Waals surface area contributed by atoms with Gasteiger partial charge in [0, 0.05) is 13.6 Å². The van der Waals surface area contributed by atoms with Gasteiger partial charge < -0.3 is 9.64 Å². The van der Waals surface area contributed by atoms with Gasteiger partial charge >= 0.3 is 0 Å². The van der Waals surface area contributed by atoms with E-state index >= 15 is 0 Å². The molecule has 1 unspecified atom stereocenters. The van der Waals surface area contributed by atoms with Gasteiger partial charge in [-0.15, -0.1) is 0 Å². The maximum absolute atomic E-state index is 6.18. The molecule has 0 fully saturated rings. The summed E-state index contributed by atoms with van der Waals surface area (Å²) in [5.74, 6) is 0.612. The smallest absolute Gasteiger partial charge is 0.228 e. The highest BCUT2D eigenvalue weighted by molar-refractivity contribution is 9.10. The Bertz CT molecular complexity index is 835. The van der Waals surface area contributed by atoms with Crippen molar-refractivity contribution in [1.82, 2.24) is 9.88 Å². The molecule has 144 valence electrons. The second-order valence-electron chi connectivity index (χ2n) is 7.19. The lowest BCUT2D eigenvalue weighted by molar-refractivity contribution is 0.215. The van der Waals surface area contributed by atoms with Crippen molar-refractivity contribution in [3.8, 4) is 5.88 Å². The molecule has 1 aliphatic carbocycles. The molecule has 0 spiro atoms. The number of aryl methyl sites for hydroxylation is 3. The normalized spacial score (nSPS) is 14.9. The average Bonchev–Trinajstić information content (AvgIpc) is 2.68. The fourth-order valence-corrected chi connectivity index (χ4v) is 3.65. The van der Waals surface area contributed by atoms with Crippen LogP contribution in [0.1, 0.15) is 55.2 Å². The standard InChI is InChI=1S/C22H28BrN3O/c1-5-26(4)14-24-21-13-20(23)22(25-15(21)2)27-16(3)18-11-10-17-8-6-7-9-19(17)12-18/h10-14,16H,5-9H2,1-4H3/b24-14+. The molecule has 1 aromatic heterocycles. The van der Waals surface area contributed by atoms with Crippen LogP contribution in [0.15, 0.2) is 33.7 Å². The van der Waals surface area contributed by atoms with Crippen molar-refractivity contribution in [2.75, 3.05) is 13.6 Å². The van der Waals surface area contributed by atoms with Gasteiger partial charge in [0.25, 0.3) is 0 Å². The molecule has 5 heteroatoms. The molecule has 1 atom stereocenters. The van der Waals surface area contributed by atoms with Gasteiger partial charge in [0.2, 0.25) is 5.88 Å². The van der Waals surface area contributed by atoms with E-state index in [1.165, 1.54) is 42.4 Å². The zero-order valence-electron chi connectivity index (χ0n) is 16.6. The van der Waals surface area contributed by atoms with E-state index in [4.69, 9.17) is 4.74 Å². The summed E-state index contributed by atoms with van der Waals surface area (Å²) in [4.78, 5) is 11.2. The molecule has 0 amide bonds. The summed E-state index contributed by atoms with van der Waals surface area (Å²) in [6.45, 7) is 7.04. The van der Waals surface area contributed by atoms with Gasteiger partial charge in [-0.25, -0.2) is 9.98 Å². The molecule has 0 N–H and O–H groups in total. The number of pyridine rings is 1. The Balaban J connectivity index is 1.77. The molecule has 1 aromatic carbocycles. The van der Waals surface area contributed by atoms with E-state index in [1.807, 2.05) is 31.3 Å². The number of aromatic nitrogens is 1. The summed E-state index contributed by atoms with van der Waals surface area (Å²) >= 11 is 3.59. The van der Waals surface area contributed by atoms with Gasteiger partial charge in [-0.05, 0) is 85.1 Å². The number of rotatable bonds is 6. The fraction of sp³-hybridized carbons (Fsp3) is 0.455. The molecular weight excluding hydrogens is 402 g/mol. The summed E-state index contributed by atoms with van der Waals surface area (Å²) in [5.41, 5.74) is 5.87. The van der Waals surface area contributed by atoms with E-state index in [0.29, 0.717) is 5.88 Å². The van der Waals surface area contributed by atoms with Gasteiger partial charge in [-0.2, -0.15) is 0 Å². The third kappa shape index (κ3) is 4.89. The van der Waals surface area contributed by atoms with Gasteiger partial charge in [-0.3, -0.25) is 0 Å². The predicted molar refractivity (Wildman–Crippen MR) is 115 cm³/mol. The third-order valence-electron chi connectivity index (χ3n) is 5.13. The highest BCUT2D eigenvalue weighted by Crippen LogP contribution is 2.33. The molecule has 1 heterocycles. The SMILES string of the molecule is CCN(C)/C=N/c1cc(Br)c(OC(C)c2ccc3c(c2)CCCC3)nc1C. The number of aliphatic imine (C=N–C) groups is 1. The van der Waals surface area contributed by atoms with Gasteiger partial charge in [0.15, 0.2) is 0 Å². The Morgan fingerprint density at radius 1 is 1.26 bits per heavy atom. The molecule has 0 bridgehead atoms. The molecule has 4 nitrogen and oxygen atoms in total. The second kappa shape index (κ2) is 8.87. The van der Waals surface area contributed by atoms with Crippen molar-refractivity contribution in [3.05, 3.63) is 51.1 Å². The van der Waals surface area contributed by atoms with Crippen molar-refractivity contribution >= 4 is 28.0 Å². The van der Waals surface area contributed by atoms with Crippen LogP contribution in [0.2, 0.25) is 0 Å². The van der Waals surface area contributed by atoms with Crippen molar-refractivity contribution in [3.63, 3.8) is 0 Å². The van der Waals surface area contributed by atoms with Crippen LogP contribution < -0.4 is 4.74 Å². The predicted octanol–water partition coefficient (Wildman–Crippen LogP) is 5.78. The number of nitrogens with zero attached hydrogens (tertiary/aromatic N) is 3. The molecular formula is C22H28BrN3O. The Kier molecular flexibility index (Phi) is 6.53. The summed E-state index contributed by atoms with van der Waals surface area (Å²) in [6, 6.07) is 8.73. The first kappa shape index (κ1) is 19.9. The van der Waals surface area contributed by atoms with E-state index in [9.17, 15) is 0 Å². The lowest BCUT2D eigenvalue weighted by Crippen LogP contribution is -2.14. The zero-order valence-corrected chi connectivity index (χ0v) is 18.2. The van der Waals surface area contributed by atoms with Crippen molar-refractivity contribution < 1.29 is 4.74 Å². The lowest BCUT2D eigenvalue weighted by Gasteiger charge is -2.20. The fourth-order valence-electron chi connectivity index (χ4n) is 3.25. The van der Waals surface area contributed by atoms with E-state index in [1.54, 1.807) is 0 Å².